The van der Waals surface area contributed by atoms with Gasteiger partial charge in [-0.1, -0.05) is 11.2 Å². The number of nitrogens with one attached hydrogen (secondary N) is 1. The van der Waals surface area contributed by atoms with Gasteiger partial charge in [0.15, 0.2) is 5.82 Å². The summed E-state index contributed by atoms with van der Waals surface area (Å²) in [5, 5.41) is 6.43. The first-order valence-electron chi connectivity index (χ1n) is 10.6. The van der Waals surface area contributed by atoms with E-state index in [9.17, 15) is 27.6 Å². The van der Waals surface area contributed by atoms with Crippen LogP contribution in [0.15, 0.2) is 34.9 Å². The molecule has 2 fully saturated rings. The molecule has 4 rings (SSSR count). The lowest BCUT2D eigenvalue weighted by atomic mass is 9.94. The van der Waals surface area contributed by atoms with Crippen molar-refractivity contribution in [1.82, 2.24) is 10.1 Å². The van der Waals surface area contributed by atoms with Crippen LogP contribution in [0.1, 0.15) is 30.6 Å². The Hall–Kier alpha value is -3.37. The van der Waals surface area contributed by atoms with Gasteiger partial charge in [0, 0.05) is 43.7 Å². The Morgan fingerprint density at radius 1 is 1.15 bits per heavy atom. The van der Waals surface area contributed by atoms with E-state index in [1.54, 1.807) is 17.9 Å². The zero-order valence-corrected chi connectivity index (χ0v) is 17.9. The molecule has 0 aliphatic carbocycles. The minimum Gasteiger partial charge on any atom is -0.360 e. The van der Waals surface area contributed by atoms with Crippen LogP contribution in [0, 0.1) is 18.8 Å². The second kappa shape index (κ2) is 8.87. The van der Waals surface area contributed by atoms with Crippen LogP contribution in [0.25, 0.3) is 0 Å². The number of amides is 3. The summed E-state index contributed by atoms with van der Waals surface area (Å²) in [5.74, 6) is -0.782. The molecular weight excluding hydrogens is 441 g/mol. The quantitative estimate of drug-likeness (QED) is 0.750. The molecule has 1 atom stereocenters. The molecule has 1 aromatic heterocycles. The van der Waals surface area contributed by atoms with Crippen LogP contribution >= 0.6 is 0 Å². The molecular formula is C22H23F3N4O4. The molecule has 3 amide bonds. The lowest BCUT2D eigenvalue weighted by Gasteiger charge is -2.32. The number of anilines is 2. The Morgan fingerprint density at radius 2 is 1.88 bits per heavy atom. The maximum Gasteiger partial charge on any atom is 0.416 e. The van der Waals surface area contributed by atoms with E-state index in [1.165, 1.54) is 17.0 Å². The van der Waals surface area contributed by atoms with E-state index in [4.69, 9.17) is 4.52 Å². The highest BCUT2D eigenvalue weighted by molar-refractivity contribution is 6.00. The van der Waals surface area contributed by atoms with E-state index in [0.717, 1.165) is 12.1 Å². The van der Waals surface area contributed by atoms with Gasteiger partial charge in [0.1, 0.15) is 5.76 Å². The molecule has 2 aromatic rings. The van der Waals surface area contributed by atoms with E-state index in [0.29, 0.717) is 37.5 Å². The van der Waals surface area contributed by atoms with Crippen molar-refractivity contribution in [3.8, 4) is 0 Å². The van der Waals surface area contributed by atoms with Crippen LogP contribution in [0.3, 0.4) is 0 Å². The third-order valence-corrected chi connectivity index (χ3v) is 6.02. The third kappa shape index (κ3) is 5.01. The normalized spacial score (nSPS) is 19.8. The van der Waals surface area contributed by atoms with Gasteiger partial charge in [0.25, 0.3) is 0 Å². The summed E-state index contributed by atoms with van der Waals surface area (Å²) in [5.41, 5.74) is -0.715. The molecule has 0 spiro atoms. The monoisotopic (exact) mass is 464 g/mol. The van der Waals surface area contributed by atoms with E-state index in [2.05, 4.69) is 10.5 Å². The van der Waals surface area contributed by atoms with Gasteiger partial charge in [-0.3, -0.25) is 14.4 Å². The highest BCUT2D eigenvalue weighted by Gasteiger charge is 2.39. The Labute approximate surface area is 187 Å². The topological polar surface area (TPSA) is 95.8 Å². The summed E-state index contributed by atoms with van der Waals surface area (Å²) < 4.78 is 44.0. The second-order valence-corrected chi connectivity index (χ2v) is 8.37. The lowest BCUT2D eigenvalue weighted by molar-refractivity contribution is -0.138. The van der Waals surface area contributed by atoms with Gasteiger partial charge in [-0.15, -0.1) is 0 Å². The number of rotatable bonds is 4. The minimum atomic E-state index is -4.52. The third-order valence-electron chi connectivity index (χ3n) is 6.02. The highest BCUT2D eigenvalue weighted by Crippen LogP contribution is 2.34. The van der Waals surface area contributed by atoms with Gasteiger partial charge in [0.2, 0.25) is 17.7 Å². The number of nitrogens with zero attached hydrogens (tertiary/aromatic N) is 3. The fraction of sp³-hybridized carbons (Fsp3) is 0.455. The molecule has 2 aliphatic rings. The van der Waals surface area contributed by atoms with Gasteiger partial charge in [0.05, 0.1) is 11.5 Å². The molecule has 2 aliphatic heterocycles. The summed E-state index contributed by atoms with van der Waals surface area (Å²) in [6.07, 6.45) is -3.64. The van der Waals surface area contributed by atoms with Crippen molar-refractivity contribution in [2.24, 2.45) is 11.8 Å². The molecule has 0 radical (unpaired) electrons. The number of alkyl halides is 3. The Bertz CT molecular complexity index is 1060. The molecule has 1 aromatic carbocycles. The summed E-state index contributed by atoms with van der Waals surface area (Å²) in [7, 11) is 0. The summed E-state index contributed by atoms with van der Waals surface area (Å²) in [6, 6.07) is 6.16. The summed E-state index contributed by atoms with van der Waals surface area (Å²) >= 11 is 0. The van der Waals surface area contributed by atoms with Crippen LogP contribution in [-0.4, -0.2) is 47.4 Å². The van der Waals surface area contributed by atoms with Crippen molar-refractivity contribution in [3.05, 3.63) is 41.7 Å². The number of hydrogen-bond donors (Lipinski definition) is 1. The number of aromatic nitrogens is 1. The van der Waals surface area contributed by atoms with Crippen molar-refractivity contribution in [2.45, 2.75) is 32.4 Å². The van der Waals surface area contributed by atoms with Crippen molar-refractivity contribution >= 4 is 29.2 Å². The maximum absolute atomic E-state index is 13.0. The van der Waals surface area contributed by atoms with Crippen molar-refractivity contribution in [2.75, 3.05) is 29.9 Å². The predicted octanol–water partition coefficient (Wildman–Crippen LogP) is 3.23. The largest absolute Gasteiger partial charge is 0.416 e. The number of carbonyl (C=O) groups excluding carboxylic acids is 3. The lowest BCUT2D eigenvalue weighted by Crippen LogP contribution is -2.44. The van der Waals surface area contributed by atoms with Crippen LogP contribution in [0.5, 0.6) is 0 Å². The number of likely N-dealkylation sites (tertiary alicyclic amines) is 1. The number of aryl methyl sites for hydroxylation is 1. The van der Waals surface area contributed by atoms with Crippen LogP contribution in [-0.2, 0) is 20.6 Å². The van der Waals surface area contributed by atoms with Crippen molar-refractivity contribution < 1.29 is 32.1 Å². The first-order chi connectivity index (χ1) is 15.6. The Kier molecular flexibility index (Phi) is 6.13. The SMILES string of the molecule is Cc1cc(NC(=O)C2CCN(C(=O)C3CC(=O)N(c4cccc(C(F)(F)F)c4)C3)CC2)no1. The zero-order chi connectivity index (χ0) is 23.8. The molecule has 11 heteroatoms. The molecule has 2 saturated heterocycles. The first-order valence-corrected chi connectivity index (χ1v) is 10.6. The predicted molar refractivity (Wildman–Crippen MR) is 111 cm³/mol. The molecule has 0 bridgehead atoms. The molecule has 33 heavy (non-hydrogen) atoms. The average molecular weight is 464 g/mol. The fourth-order valence-corrected chi connectivity index (χ4v) is 4.25. The van der Waals surface area contributed by atoms with Gasteiger partial charge in [-0.05, 0) is 38.0 Å². The minimum absolute atomic E-state index is 0.0326. The second-order valence-electron chi connectivity index (χ2n) is 8.37. The number of halogens is 3. The number of benzene rings is 1. The Morgan fingerprint density at radius 3 is 2.52 bits per heavy atom. The van der Waals surface area contributed by atoms with Crippen molar-refractivity contribution in [3.63, 3.8) is 0 Å². The molecule has 1 unspecified atom stereocenters. The standard InChI is InChI=1S/C22H23F3N4O4/c1-13-9-18(27-33-13)26-20(31)14-5-7-28(8-6-14)21(32)15-10-19(30)29(12-15)17-4-2-3-16(11-17)22(23,24)25/h2-4,9,11,14-15H,5-8,10,12H2,1H3,(H,26,27,31). The molecule has 8 nitrogen and oxygen atoms in total. The van der Waals surface area contributed by atoms with Crippen LogP contribution in [0.2, 0.25) is 0 Å². The Balaban J connectivity index is 1.33. The van der Waals surface area contributed by atoms with E-state index >= 15 is 0 Å². The fourth-order valence-electron chi connectivity index (χ4n) is 4.25. The van der Waals surface area contributed by atoms with Gasteiger partial charge in [-0.25, -0.2) is 0 Å². The number of hydrogen-bond acceptors (Lipinski definition) is 5. The molecule has 1 N–H and O–H groups in total. The van der Waals surface area contributed by atoms with Crippen LogP contribution in [0.4, 0.5) is 24.7 Å². The smallest absolute Gasteiger partial charge is 0.360 e. The molecule has 3 heterocycles. The first kappa shape index (κ1) is 22.8. The van der Waals surface area contributed by atoms with Gasteiger partial charge >= 0.3 is 6.18 Å². The van der Waals surface area contributed by atoms with Crippen LogP contribution < -0.4 is 10.2 Å². The summed E-state index contributed by atoms with van der Waals surface area (Å²) in [6.45, 7) is 2.48. The zero-order valence-electron chi connectivity index (χ0n) is 17.9. The van der Waals surface area contributed by atoms with E-state index < -0.39 is 17.7 Å². The van der Waals surface area contributed by atoms with Crippen molar-refractivity contribution in [1.29, 1.82) is 0 Å². The average Bonchev–Trinajstić information content (AvgIpc) is 3.38. The summed E-state index contributed by atoms with van der Waals surface area (Å²) in [4.78, 5) is 40.7. The van der Waals surface area contributed by atoms with Gasteiger partial charge in [-0.2, -0.15) is 13.2 Å². The van der Waals surface area contributed by atoms with Gasteiger partial charge < -0.3 is 19.6 Å². The molecule has 176 valence electrons. The molecule has 0 saturated carbocycles. The number of piperidine rings is 1. The highest BCUT2D eigenvalue weighted by atomic mass is 19.4. The maximum atomic E-state index is 13.0. The van der Waals surface area contributed by atoms with E-state index in [-0.39, 0.29) is 42.3 Å². The number of carbonyl (C=O) groups is 3. The van der Waals surface area contributed by atoms with E-state index in [1.807, 2.05) is 0 Å².